The average molecular weight is 340 g/mol. The molecule has 25 heavy (non-hydrogen) atoms. The second-order valence-electron chi connectivity index (χ2n) is 8.51. The number of benzene rings is 1. The zero-order valence-corrected chi connectivity index (χ0v) is 15.2. The maximum Gasteiger partial charge on any atom is 0.253 e. The van der Waals surface area contributed by atoms with Gasteiger partial charge in [-0.05, 0) is 81.8 Å². The van der Waals surface area contributed by atoms with E-state index in [9.17, 15) is 9.59 Å². The first-order valence-corrected chi connectivity index (χ1v) is 9.70. The number of hydrogen-bond acceptors (Lipinski definition) is 2. The largest absolute Gasteiger partial charge is 0.352 e. The first-order chi connectivity index (χ1) is 12.0. The van der Waals surface area contributed by atoms with Crippen molar-refractivity contribution in [2.24, 2.45) is 23.2 Å². The zero-order chi connectivity index (χ0) is 17.6. The number of carbonyl (C=O) groups is 2. The summed E-state index contributed by atoms with van der Waals surface area (Å²) in [5, 5.41) is 6.01. The smallest absolute Gasteiger partial charge is 0.253 e. The van der Waals surface area contributed by atoms with Crippen LogP contribution in [0.4, 0.5) is 5.69 Å². The van der Waals surface area contributed by atoms with Crippen LogP contribution in [-0.2, 0) is 4.79 Å². The summed E-state index contributed by atoms with van der Waals surface area (Å²) in [4.78, 5) is 25.7. The van der Waals surface area contributed by atoms with Gasteiger partial charge in [-0.1, -0.05) is 12.1 Å². The first kappa shape index (κ1) is 16.6. The Morgan fingerprint density at radius 1 is 1.08 bits per heavy atom. The molecule has 4 heteroatoms. The van der Waals surface area contributed by atoms with Crippen molar-refractivity contribution in [3.8, 4) is 0 Å². The van der Waals surface area contributed by atoms with Gasteiger partial charge < -0.3 is 10.6 Å². The molecule has 0 saturated heterocycles. The molecule has 0 heterocycles. The molecule has 134 valence electrons. The number of hydrogen-bond donors (Lipinski definition) is 2. The minimum atomic E-state index is -0.197. The zero-order valence-electron chi connectivity index (χ0n) is 15.2. The Hall–Kier alpha value is -1.84. The Balaban J connectivity index is 1.59. The number of amides is 2. The van der Waals surface area contributed by atoms with Crippen LogP contribution in [0, 0.1) is 30.1 Å². The van der Waals surface area contributed by atoms with Crippen molar-refractivity contribution >= 4 is 17.5 Å². The summed E-state index contributed by atoms with van der Waals surface area (Å²) >= 11 is 0. The minimum absolute atomic E-state index is 0.110. The van der Waals surface area contributed by atoms with Gasteiger partial charge in [0.1, 0.15) is 0 Å². The number of aryl methyl sites for hydroxylation is 1. The van der Waals surface area contributed by atoms with Crippen molar-refractivity contribution < 1.29 is 9.59 Å². The standard InChI is InChI=1S/C21H28N2O2/c1-3-22-19(24)18-13(2)5-4-6-17(18)23-20(25)21-10-14-7-15(11-21)9-16(8-14)12-21/h4-6,14-16H,3,7-12H2,1-2H3,(H,22,24)(H,23,25). The molecule has 2 N–H and O–H groups in total. The average Bonchev–Trinajstić information content (AvgIpc) is 2.53. The third-order valence-electron chi connectivity index (χ3n) is 6.61. The van der Waals surface area contributed by atoms with E-state index in [2.05, 4.69) is 10.6 Å². The molecule has 4 aliphatic carbocycles. The first-order valence-electron chi connectivity index (χ1n) is 9.70. The second kappa shape index (κ2) is 6.15. The second-order valence-corrected chi connectivity index (χ2v) is 8.51. The van der Waals surface area contributed by atoms with Crippen LogP contribution in [0.3, 0.4) is 0 Å². The normalized spacial score (nSPS) is 32.5. The van der Waals surface area contributed by atoms with Crippen molar-refractivity contribution in [2.45, 2.75) is 52.4 Å². The van der Waals surface area contributed by atoms with Crippen LogP contribution in [0.25, 0.3) is 0 Å². The van der Waals surface area contributed by atoms with Gasteiger partial charge in [0.05, 0.1) is 16.7 Å². The predicted octanol–water partition coefficient (Wildman–Crippen LogP) is 3.90. The molecule has 4 aliphatic rings. The summed E-state index contributed by atoms with van der Waals surface area (Å²) in [5.41, 5.74) is 1.96. The summed E-state index contributed by atoms with van der Waals surface area (Å²) in [6, 6.07) is 5.69. The third kappa shape index (κ3) is 2.86. The fourth-order valence-corrected chi connectivity index (χ4v) is 5.97. The van der Waals surface area contributed by atoms with Gasteiger partial charge >= 0.3 is 0 Å². The Morgan fingerprint density at radius 3 is 2.24 bits per heavy atom. The molecule has 4 nitrogen and oxygen atoms in total. The van der Waals surface area contributed by atoms with E-state index in [1.165, 1.54) is 19.3 Å². The summed E-state index contributed by atoms with van der Waals surface area (Å²) in [5.74, 6) is 2.23. The van der Waals surface area contributed by atoms with Crippen LogP contribution in [-0.4, -0.2) is 18.4 Å². The van der Waals surface area contributed by atoms with Gasteiger partial charge in [-0.2, -0.15) is 0 Å². The molecule has 0 radical (unpaired) electrons. The van der Waals surface area contributed by atoms with E-state index in [0.29, 0.717) is 17.8 Å². The summed E-state index contributed by atoms with van der Waals surface area (Å²) in [6.07, 6.45) is 7.07. The molecule has 0 unspecified atom stereocenters. The fourth-order valence-electron chi connectivity index (χ4n) is 5.97. The Labute approximate surface area is 149 Å². The van der Waals surface area contributed by atoms with Gasteiger partial charge in [0.15, 0.2) is 0 Å². The number of carbonyl (C=O) groups excluding carboxylic acids is 2. The Kier molecular flexibility index (Phi) is 4.09. The molecule has 1 aromatic carbocycles. The van der Waals surface area contributed by atoms with Gasteiger partial charge in [0.25, 0.3) is 5.91 Å². The SMILES string of the molecule is CCNC(=O)c1c(C)cccc1NC(=O)C12CC3CC(CC(C3)C1)C2. The molecule has 4 fully saturated rings. The Bertz CT molecular complexity index is 675. The lowest BCUT2D eigenvalue weighted by Gasteiger charge is -2.55. The van der Waals surface area contributed by atoms with Gasteiger partial charge in [0.2, 0.25) is 5.91 Å². The van der Waals surface area contributed by atoms with E-state index in [-0.39, 0.29) is 17.2 Å². The number of nitrogens with one attached hydrogen (secondary N) is 2. The quantitative estimate of drug-likeness (QED) is 0.873. The van der Waals surface area contributed by atoms with Crippen LogP contribution < -0.4 is 10.6 Å². The molecule has 0 aliphatic heterocycles. The molecular formula is C21H28N2O2. The lowest BCUT2D eigenvalue weighted by atomic mass is 9.49. The summed E-state index contributed by atoms with van der Waals surface area (Å²) < 4.78 is 0. The van der Waals surface area contributed by atoms with Crippen molar-refractivity contribution in [2.75, 3.05) is 11.9 Å². The maximum atomic E-state index is 13.3. The highest BCUT2D eigenvalue weighted by atomic mass is 16.2. The van der Waals surface area contributed by atoms with E-state index in [1.807, 2.05) is 32.0 Å². The molecular weight excluding hydrogens is 312 g/mol. The van der Waals surface area contributed by atoms with E-state index in [0.717, 1.165) is 42.6 Å². The number of anilines is 1. The van der Waals surface area contributed by atoms with Gasteiger partial charge in [-0.25, -0.2) is 0 Å². The minimum Gasteiger partial charge on any atom is -0.352 e. The molecule has 0 aromatic heterocycles. The molecule has 0 atom stereocenters. The fraction of sp³-hybridized carbons (Fsp3) is 0.619. The molecule has 4 bridgehead atoms. The third-order valence-corrected chi connectivity index (χ3v) is 6.61. The maximum absolute atomic E-state index is 13.3. The predicted molar refractivity (Wildman–Crippen MR) is 98.4 cm³/mol. The highest BCUT2D eigenvalue weighted by Gasteiger charge is 2.54. The van der Waals surface area contributed by atoms with E-state index in [1.54, 1.807) is 0 Å². The monoisotopic (exact) mass is 340 g/mol. The van der Waals surface area contributed by atoms with Crippen LogP contribution in [0.5, 0.6) is 0 Å². The van der Waals surface area contributed by atoms with Crippen LogP contribution in [0.1, 0.15) is 61.4 Å². The summed E-state index contributed by atoms with van der Waals surface area (Å²) in [7, 11) is 0. The van der Waals surface area contributed by atoms with Crippen LogP contribution in [0.15, 0.2) is 18.2 Å². The van der Waals surface area contributed by atoms with E-state index in [4.69, 9.17) is 0 Å². The van der Waals surface area contributed by atoms with Crippen molar-refractivity contribution in [3.63, 3.8) is 0 Å². The van der Waals surface area contributed by atoms with Gasteiger partial charge in [-0.15, -0.1) is 0 Å². The van der Waals surface area contributed by atoms with Gasteiger partial charge in [0, 0.05) is 6.54 Å². The summed E-state index contributed by atoms with van der Waals surface area (Å²) in [6.45, 7) is 4.41. The van der Waals surface area contributed by atoms with Crippen molar-refractivity contribution in [3.05, 3.63) is 29.3 Å². The topological polar surface area (TPSA) is 58.2 Å². The lowest BCUT2D eigenvalue weighted by molar-refractivity contribution is -0.140. The molecule has 2 amide bonds. The lowest BCUT2D eigenvalue weighted by Crippen LogP contribution is -2.51. The van der Waals surface area contributed by atoms with E-state index >= 15 is 0 Å². The van der Waals surface area contributed by atoms with Crippen LogP contribution >= 0.6 is 0 Å². The van der Waals surface area contributed by atoms with Crippen molar-refractivity contribution in [1.29, 1.82) is 0 Å². The molecule has 0 spiro atoms. The van der Waals surface area contributed by atoms with Crippen molar-refractivity contribution in [1.82, 2.24) is 5.32 Å². The number of rotatable bonds is 4. The highest BCUT2D eigenvalue weighted by Crippen LogP contribution is 2.60. The highest BCUT2D eigenvalue weighted by molar-refractivity contribution is 6.06. The van der Waals surface area contributed by atoms with Crippen LogP contribution in [0.2, 0.25) is 0 Å². The molecule has 1 aromatic rings. The Morgan fingerprint density at radius 2 is 1.68 bits per heavy atom. The molecule has 4 saturated carbocycles. The van der Waals surface area contributed by atoms with E-state index < -0.39 is 0 Å². The molecule has 5 rings (SSSR count). The van der Waals surface area contributed by atoms with Gasteiger partial charge in [-0.3, -0.25) is 9.59 Å².